The van der Waals surface area contributed by atoms with Crippen LogP contribution in [0, 0.1) is 0 Å². The molecule has 0 fully saturated rings. The van der Waals surface area contributed by atoms with Crippen molar-refractivity contribution in [1.29, 1.82) is 0 Å². The van der Waals surface area contributed by atoms with Gasteiger partial charge in [0.1, 0.15) is 5.01 Å². The molecule has 28 heavy (non-hydrogen) atoms. The molecule has 0 aliphatic rings. The Morgan fingerprint density at radius 2 is 1.96 bits per heavy atom. The molecule has 0 atom stereocenters. The number of carboxylic acid groups (broad SMARTS) is 1. The topological polar surface area (TPSA) is 68.7 Å². The van der Waals surface area contributed by atoms with Crippen molar-refractivity contribution in [3.05, 3.63) is 65.2 Å². The summed E-state index contributed by atoms with van der Waals surface area (Å²) < 4.78 is 11.7. The Labute approximate surface area is 165 Å². The monoisotopic (exact) mass is 391 g/mol. The summed E-state index contributed by atoms with van der Waals surface area (Å²) in [6.45, 7) is -0.412. The number of benzene rings is 3. The number of rotatable bonds is 6. The van der Waals surface area contributed by atoms with E-state index in [4.69, 9.17) is 19.6 Å². The Kier molecular flexibility index (Phi) is 4.95. The van der Waals surface area contributed by atoms with Gasteiger partial charge in [-0.25, -0.2) is 9.78 Å². The first kappa shape index (κ1) is 18.0. The van der Waals surface area contributed by atoms with Crippen LogP contribution in [-0.2, 0) is 4.79 Å². The van der Waals surface area contributed by atoms with Gasteiger partial charge in [0.25, 0.3) is 0 Å². The summed E-state index contributed by atoms with van der Waals surface area (Å²) in [4.78, 5) is 15.4. The normalized spacial score (nSPS) is 11.3. The van der Waals surface area contributed by atoms with Crippen molar-refractivity contribution in [2.24, 2.45) is 0 Å². The summed E-state index contributed by atoms with van der Waals surface area (Å²) in [6, 6.07) is 17.8. The number of methoxy groups -OCH3 is 1. The smallest absolute Gasteiger partial charge is 0.341 e. The fourth-order valence-corrected chi connectivity index (χ4v) is 3.85. The Morgan fingerprint density at radius 3 is 2.79 bits per heavy atom. The van der Waals surface area contributed by atoms with E-state index in [1.54, 1.807) is 23.5 Å². The van der Waals surface area contributed by atoms with E-state index in [-0.39, 0.29) is 0 Å². The lowest BCUT2D eigenvalue weighted by Gasteiger charge is -2.09. The highest BCUT2D eigenvalue weighted by Gasteiger charge is 2.08. The van der Waals surface area contributed by atoms with Crippen LogP contribution in [0.15, 0.2) is 54.6 Å². The molecule has 1 aromatic heterocycles. The molecule has 1 N–H and O–H groups in total. The summed E-state index contributed by atoms with van der Waals surface area (Å²) in [7, 11) is 1.52. The van der Waals surface area contributed by atoms with Gasteiger partial charge in [-0.05, 0) is 35.2 Å². The Balaban J connectivity index is 1.61. The average molecular weight is 391 g/mol. The van der Waals surface area contributed by atoms with Crippen LogP contribution in [-0.4, -0.2) is 29.8 Å². The SMILES string of the molecule is COc1cc(C=Cc2nc3c(ccc4ccccc43)s2)ccc1OCC(=O)O. The van der Waals surface area contributed by atoms with Crippen LogP contribution in [0.4, 0.5) is 0 Å². The predicted molar refractivity (Wildman–Crippen MR) is 112 cm³/mol. The molecular weight excluding hydrogens is 374 g/mol. The number of ether oxygens (including phenoxy) is 2. The maximum Gasteiger partial charge on any atom is 0.341 e. The van der Waals surface area contributed by atoms with Gasteiger partial charge >= 0.3 is 5.97 Å². The van der Waals surface area contributed by atoms with E-state index in [0.717, 1.165) is 26.2 Å². The van der Waals surface area contributed by atoms with Crippen LogP contribution in [0.5, 0.6) is 11.5 Å². The lowest BCUT2D eigenvalue weighted by Crippen LogP contribution is -2.10. The molecule has 4 rings (SSSR count). The molecule has 4 aromatic rings. The predicted octanol–water partition coefficient (Wildman–Crippen LogP) is 5.09. The Morgan fingerprint density at radius 1 is 1.11 bits per heavy atom. The minimum atomic E-state index is -1.03. The summed E-state index contributed by atoms with van der Waals surface area (Å²) in [6.07, 6.45) is 3.91. The molecule has 0 unspecified atom stereocenters. The molecule has 0 bridgehead atoms. The number of thiazole rings is 1. The van der Waals surface area contributed by atoms with Crippen LogP contribution < -0.4 is 9.47 Å². The highest BCUT2D eigenvalue weighted by Crippen LogP contribution is 2.31. The van der Waals surface area contributed by atoms with Gasteiger partial charge in [-0.1, -0.05) is 42.5 Å². The van der Waals surface area contributed by atoms with Crippen LogP contribution in [0.25, 0.3) is 33.1 Å². The van der Waals surface area contributed by atoms with Crippen molar-refractivity contribution in [2.45, 2.75) is 0 Å². The fraction of sp³-hybridized carbons (Fsp3) is 0.0909. The van der Waals surface area contributed by atoms with E-state index in [2.05, 4.69) is 24.3 Å². The number of aromatic nitrogens is 1. The van der Waals surface area contributed by atoms with Crippen molar-refractivity contribution in [2.75, 3.05) is 13.7 Å². The minimum Gasteiger partial charge on any atom is -0.493 e. The first-order chi connectivity index (χ1) is 13.6. The van der Waals surface area contributed by atoms with Crippen molar-refractivity contribution in [3.8, 4) is 11.5 Å². The van der Waals surface area contributed by atoms with Crippen molar-refractivity contribution in [3.63, 3.8) is 0 Å². The second-order valence-corrected chi connectivity index (χ2v) is 7.17. The van der Waals surface area contributed by atoms with Crippen LogP contribution in [0.1, 0.15) is 10.6 Å². The zero-order valence-corrected chi connectivity index (χ0v) is 15.9. The molecule has 0 aliphatic carbocycles. The highest BCUT2D eigenvalue weighted by atomic mass is 32.1. The number of hydrogen-bond acceptors (Lipinski definition) is 5. The highest BCUT2D eigenvalue weighted by molar-refractivity contribution is 7.19. The van der Waals surface area contributed by atoms with Gasteiger partial charge in [-0.3, -0.25) is 0 Å². The van der Waals surface area contributed by atoms with Crippen LogP contribution in [0.2, 0.25) is 0 Å². The molecule has 1 heterocycles. The molecule has 140 valence electrons. The number of carbonyl (C=O) groups is 1. The van der Waals surface area contributed by atoms with E-state index in [1.165, 1.54) is 12.5 Å². The quantitative estimate of drug-likeness (QED) is 0.496. The second kappa shape index (κ2) is 7.70. The largest absolute Gasteiger partial charge is 0.493 e. The maximum atomic E-state index is 10.7. The van der Waals surface area contributed by atoms with Crippen LogP contribution >= 0.6 is 11.3 Å². The molecule has 3 aromatic carbocycles. The molecule has 0 radical (unpaired) electrons. The molecule has 0 spiro atoms. The van der Waals surface area contributed by atoms with E-state index >= 15 is 0 Å². The number of fused-ring (bicyclic) bond motifs is 3. The van der Waals surface area contributed by atoms with Gasteiger partial charge in [0.15, 0.2) is 18.1 Å². The second-order valence-electron chi connectivity index (χ2n) is 6.11. The zero-order chi connectivity index (χ0) is 19.5. The van der Waals surface area contributed by atoms with E-state index in [1.807, 2.05) is 30.4 Å². The lowest BCUT2D eigenvalue weighted by atomic mass is 10.1. The van der Waals surface area contributed by atoms with Gasteiger partial charge in [-0.2, -0.15) is 0 Å². The molecule has 6 heteroatoms. The fourth-order valence-electron chi connectivity index (χ4n) is 2.96. The Hall–Kier alpha value is -3.38. The summed E-state index contributed by atoms with van der Waals surface area (Å²) >= 11 is 1.64. The molecule has 0 saturated heterocycles. The van der Waals surface area contributed by atoms with E-state index < -0.39 is 12.6 Å². The summed E-state index contributed by atoms with van der Waals surface area (Å²) in [5.74, 6) is -0.151. The molecule has 0 saturated carbocycles. The van der Waals surface area contributed by atoms with Crippen LogP contribution in [0.3, 0.4) is 0 Å². The van der Waals surface area contributed by atoms with Gasteiger partial charge in [0.05, 0.1) is 17.3 Å². The number of carboxylic acids is 1. The van der Waals surface area contributed by atoms with Gasteiger partial charge in [0.2, 0.25) is 0 Å². The molecule has 0 amide bonds. The van der Waals surface area contributed by atoms with Gasteiger partial charge in [-0.15, -0.1) is 11.3 Å². The third-order valence-electron chi connectivity index (χ3n) is 4.26. The van der Waals surface area contributed by atoms with Crippen molar-refractivity contribution < 1.29 is 19.4 Å². The average Bonchev–Trinajstić information content (AvgIpc) is 3.14. The number of aliphatic carboxylic acids is 1. The standard InChI is InChI=1S/C22H17NO4S/c1-26-18-12-14(6-9-17(18)27-13-21(24)25)7-11-20-23-22-16-5-3-2-4-15(16)8-10-19(22)28-20/h2-12H,13H2,1H3,(H,24,25). The van der Waals surface area contributed by atoms with Gasteiger partial charge in [0, 0.05) is 5.39 Å². The minimum absolute atomic E-state index is 0.397. The number of hydrogen-bond donors (Lipinski definition) is 1. The number of nitrogens with zero attached hydrogens (tertiary/aromatic N) is 1. The lowest BCUT2D eigenvalue weighted by molar-refractivity contribution is -0.139. The maximum absolute atomic E-state index is 10.7. The summed E-state index contributed by atoms with van der Waals surface area (Å²) in [5.41, 5.74) is 1.92. The zero-order valence-electron chi connectivity index (χ0n) is 15.1. The van der Waals surface area contributed by atoms with Crippen molar-refractivity contribution >= 4 is 50.4 Å². The molecular formula is C22H17NO4S. The summed E-state index contributed by atoms with van der Waals surface area (Å²) in [5, 5.41) is 12.0. The molecule has 0 aliphatic heterocycles. The first-order valence-corrected chi connectivity index (χ1v) is 9.45. The first-order valence-electron chi connectivity index (χ1n) is 8.63. The third kappa shape index (κ3) is 3.68. The molecule has 5 nitrogen and oxygen atoms in total. The van der Waals surface area contributed by atoms with E-state index in [0.29, 0.717) is 11.5 Å². The van der Waals surface area contributed by atoms with Crippen molar-refractivity contribution in [1.82, 2.24) is 4.98 Å². The van der Waals surface area contributed by atoms with E-state index in [9.17, 15) is 4.79 Å². The Bertz CT molecular complexity index is 1200. The third-order valence-corrected chi connectivity index (χ3v) is 5.24. The van der Waals surface area contributed by atoms with Gasteiger partial charge < -0.3 is 14.6 Å².